The third kappa shape index (κ3) is 1.97. The number of hydrogen-bond acceptors (Lipinski definition) is 4. The molecule has 1 unspecified atom stereocenters. The fourth-order valence-corrected chi connectivity index (χ4v) is 1.34. The van der Waals surface area contributed by atoms with Crippen LogP contribution in [0.5, 0.6) is 0 Å². The fourth-order valence-electron chi connectivity index (χ4n) is 1.34. The van der Waals surface area contributed by atoms with Crippen LogP contribution in [-0.2, 0) is 0 Å². The van der Waals surface area contributed by atoms with Gasteiger partial charge in [0.05, 0.1) is 11.8 Å². The first-order valence-corrected chi connectivity index (χ1v) is 4.47. The van der Waals surface area contributed by atoms with Gasteiger partial charge < -0.3 is 0 Å². The number of rotatable bonds is 2. The number of pyridine rings is 1. The minimum absolute atomic E-state index is 0.351. The van der Waals surface area contributed by atoms with E-state index in [4.69, 9.17) is 5.26 Å². The summed E-state index contributed by atoms with van der Waals surface area (Å²) in [5.74, 6) is -0.351. The van der Waals surface area contributed by atoms with Gasteiger partial charge in [0.1, 0.15) is 12.2 Å². The Morgan fingerprint density at radius 3 is 2.40 bits per heavy atom. The summed E-state index contributed by atoms with van der Waals surface area (Å²) < 4.78 is 0. The van der Waals surface area contributed by atoms with Gasteiger partial charge >= 0.3 is 0 Å². The molecule has 0 N–H and O–H groups in total. The number of nitriles is 1. The molecule has 0 aliphatic rings. The van der Waals surface area contributed by atoms with Gasteiger partial charge in [-0.3, -0.25) is 4.98 Å². The molecule has 0 amide bonds. The molecule has 2 aromatic rings. The molecular weight excluding hydrogens is 188 g/mol. The largest absolute Gasteiger partial charge is 0.265 e. The zero-order valence-corrected chi connectivity index (χ0v) is 7.91. The van der Waals surface area contributed by atoms with Crippen molar-refractivity contribution in [2.75, 3.05) is 0 Å². The highest BCUT2D eigenvalue weighted by Crippen LogP contribution is 2.20. The first-order chi connectivity index (χ1) is 7.42. The third-order valence-electron chi connectivity index (χ3n) is 2.07. The van der Waals surface area contributed by atoms with E-state index in [0.29, 0.717) is 5.69 Å². The SMILES string of the molecule is N#CC(c1ccncc1)c1ccncn1. The van der Waals surface area contributed by atoms with Gasteiger partial charge in [0.2, 0.25) is 0 Å². The molecule has 1 atom stereocenters. The Hall–Kier alpha value is -2.28. The molecule has 2 aromatic heterocycles. The summed E-state index contributed by atoms with van der Waals surface area (Å²) in [6, 6.07) is 7.59. The first-order valence-electron chi connectivity index (χ1n) is 4.47. The van der Waals surface area contributed by atoms with Crippen LogP contribution in [0.3, 0.4) is 0 Å². The molecule has 0 aromatic carbocycles. The quantitative estimate of drug-likeness (QED) is 0.730. The van der Waals surface area contributed by atoms with E-state index in [1.54, 1.807) is 24.7 Å². The van der Waals surface area contributed by atoms with E-state index in [-0.39, 0.29) is 5.92 Å². The molecule has 0 aliphatic heterocycles. The zero-order chi connectivity index (χ0) is 10.5. The summed E-state index contributed by atoms with van der Waals surface area (Å²) in [4.78, 5) is 11.8. The smallest absolute Gasteiger partial charge is 0.115 e. The van der Waals surface area contributed by atoms with Gasteiger partial charge in [0.25, 0.3) is 0 Å². The average Bonchev–Trinajstić information content (AvgIpc) is 2.33. The van der Waals surface area contributed by atoms with E-state index in [1.807, 2.05) is 12.1 Å². The lowest BCUT2D eigenvalue weighted by Crippen LogP contribution is -2.00. The predicted molar refractivity (Wildman–Crippen MR) is 53.7 cm³/mol. The Bertz CT molecular complexity index is 421. The third-order valence-corrected chi connectivity index (χ3v) is 2.07. The van der Waals surface area contributed by atoms with E-state index >= 15 is 0 Å². The lowest BCUT2D eigenvalue weighted by molar-refractivity contribution is 0.939. The van der Waals surface area contributed by atoms with Crippen molar-refractivity contribution in [2.45, 2.75) is 5.92 Å². The zero-order valence-electron chi connectivity index (χ0n) is 7.91. The van der Waals surface area contributed by atoms with E-state index in [2.05, 4.69) is 21.0 Å². The van der Waals surface area contributed by atoms with Gasteiger partial charge in [0.15, 0.2) is 0 Å². The van der Waals surface area contributed by atoms with Gasteiger partial charge in [-0.2, -0.15) is 5.26 Å². The Labute approximate surface area is 87.3 Å². The maximum Gasteiger partial charge on any atom is 0.115 e. The standard InChI is InChI=1S/C11H8N4/c12-7-10(9-1-4-13-5-2-9)11-3-6-14-8-15-11/h1-6,8,10H. The fraction of sp³-hybridized carbons (Fsp3) is 0.0909. The molecular formula is C11H8N4. The van der Waals surface area contributed by atoms with Crippen LogP contribution in [0.2, 0.25) is 0 Å². The monoisotopic (exact) mass is 196 g/mol. The van der Waals surface area contributed by atoms with Gasteiger partial charge in [0, 0.05) is 18.6 Å². The molecule has 0 aliphatic carbocycles. The maximum absolute atomic E-state index is 9.10. The number of nitrogens with zero attached hydrogens (tertiary/aromatic N) is 4. The molecule has 4 heteroatoms. The van der Waals surface area contributed by atoms with Crippen LogP contribution in [0, 0.1) is 11.3 Å². The highest BCUT2D eigenvalue weighted by atomic mass is 14.8. The Morgan fingerprint density at radius 1 is 1.07 bits per heavy atom. The van der Waals surface area contributed by atoms with Crippen LogP contribution >= 0.6 is 0 Å². The summed E-state index contributed by atoms with van der Waals surface area (Å²) in [6.07, 6.45) is 6.41. The number of aromatic nitrogens is 3. The minimum atomic E-state index is -0.351. The van der Waals surface area contributed by atoms with Crippen molar-refractivity contribution < 1.29 is 0 Å². The molecule has 0 saturated heterocycles. The maximum atomic E-state index is 9.10. The van der Waals surface area contributed by atoms with Crippen LogP contribution in [0.25, 0.3) is 0 Å². The molecule has 0 spiro atoms. The first kappa shape index (κ1) is 9.28. The van der Waals surface area contributed by atoms with Gasteiger partial charge in [-0.1, -0.05) is 0 Å². The Balaban J connectivity index is 2.39. The van der Waals surface area contributed by atoms with Crippen molar-refractivity contribution in [3.8, 4) is 6.07 Å². The summed E-state index contributed by atoms with van der Waals surface area (Å²) in [5, 5.41) is 9.10. The molecule has 72 valence electrons. The lowest BCUT2D eigenvalue weighted by atomic mass is 9.98. The molecule has 0 radical (unpaired) electrons. The summed E-state index contributed by atoms with van der Waals surface area (Å²) in [6.45, 7) is 0. The average molecular weight is 196 g/mol. The number of hydrogen-bond donors (Lipinski definition) is 0. The van der Waals surface area contributed by atoms with E-state index in [9.17, 15) is 0 Å². The van der Waals surface area contributed by atoms with Gasteiger partial charge in [-0.05, 0) is 23.8 Å². The topological polar surface area (TPSA) is 62.5 Å². The molecule has 2 heterocycles. The molecule has 4 nitrogen and oxygen atoms in total. The molecule has 0 saturated carbocycles. The second-order valence-corrected chi connectivity index (χ2v) is 2.98. The van der Waals surface area contributed by atoms with Crippen LogP contribution in [-0.4, -0.2) is 15.0 Å². The Morgan fingerprint density at radius 2 is 1.80 bits per heavy atom. The second kappa shape index (κ2) is 4.29. The van der Waals surface area contributed by atoms with Crippen molar-refractivity contribution in [3.63, 3.8) is 0 Å². The highest BCUT2D eigenvalue weighted by molar-refractivity contribution is 5.32. The summed E-state index contributed by atoms with van der Waals surface area (Å²) >= 11 is 0. The highest BCUT2D eigenvalue weighted by Gasteiger charge is 2.13. The van der Waals surface area contributed by atoms with E-state index < -0.39 is 0 Å². The minimum Gasteiger partial charge on any atom is -0.265 e. The van der Waals surface area contributed by atoms with Crippen molar-refractivity contribution in [3.05, 3.63) is 54.4 Å². The lowest BCUT2D eigenvalue weighted by Gasteiger charge is -2.07. The van der Waals surface area contributed by atoms with Crippen LogP contribution in [0.15, 0.2) is 43.1 Å². The summed E-state index contributed by atoms with van der Waals surface area (Å²) in [7, 11) is 0. The molecule has 15 heavy (non-hydrogen) atoms. The summed E-state index contributed by atoms with van der Waals surface area (Å²) in [5.41, 5.74) is 1.60. The Kier molecular flexibility index (Phi) is 2.65. The van der Waals surface area contributed by atoms with E-state index in [0.717, 1.165) is 5.56 Å². The van der Waals surface area contributed by atoms with E-state index in [1.165, 1.54) is 6.33 Å². The van der Waals surface area contributed by atoms with Crippen molar-refractivity contribution >= 4 is 0 Å². The van der Waals surface area contributed by atoms with Gasteiger partial charge in [-0.15, -0.1) is 0 Å². The molecule has 0 fully saturated rings. The van der Waals surface area contributed by atoms with Gasteiger partial charge in [-0.25, -0.2) is 9.97 Å². The van der Waals surface area contributed by atoms with Crippen molar-refractivity contribution in [1.82, 2.24) is 15.0 Å². The molecule has 2 rings (SSSR count). The predicted octanol–water partition coefficient (Wildman–Crippen LogP) is 1.53. The van der Waals surface area contributed by atoms with Crippen molar-refractivity contribution in [1.29, 1.82) is 5.26 Å². The second-order valence-electron chi connectivity index (χ2n) is 2.98. The van der Waals surface area contributed by atoms with Crippen LogP contribution in [0.1, 0.15) is 17.2 Å². The normalized spacial score (nSPS) is 11.7. The molecule has 0 bridgehead atoms. The van der Waals surface area contributed by atoms with Crippen molar-refractivity contribution in [2.24, 2.45) is 0 Å². The van der Waals surface area contributed by atoms with Crippen LogP contribution < -0.4 is 0 Å². The van der Waals surface area contributed by atoms with Crippen LogP contribution in [0.4, 0.5) is 0 Å².